The largest absolute Gasteiger partial charge is 0.495 e. The third kappa shape index (κ3) is 2.99. The van der Waals surface area contributed by atoms with Crippen LogP contribution in [0.2, 0.25) is 0 Å². The minimum atomic E-state index is -0.125. The summed E-state index contributed by atoms with van der Waals surface area (Å²) in [6.07, 6.45) is 0. The minimum Gasteiger partial charge on any atom is -0.495 e. The summed E-state index contributed by atoms with van der Waals surface area (Å²) in [6, 6.07) is 9.43. The molecule has 0 aliphatic heterocycles. The lowest BCUT2D eigenvalue weighted by molar-refractivity contribution is 0.0767. The van der Waals surface area contributed by atoms with E-state index in [0.29, 0.717) is 17.9 Å². The number of ether oxygens (including phenoxy) is 1. The Morgan fingerprint density at radius 2 is 1.86 bits per heavy atom. The van der Waals surface area contributed by atoms with E-state index in [1.165, 1.54) is 4.90 Å². The maximum atomic E-state index is 12.4. The highest BCUT2D eigenvalue weighted by Crippen LogP contribution is 2.27. The number of rotatable bonds is 5. The maximum absolute atomic E-state index is 12.4. The van der Waals surface area contributed by atoms with Crippen LogP contribution in [0, 0.1) is 13.8 Å². The lowest BCUT2D eigenvalue weighted by Gasteiger charge is -2.18. The number of hydrogen-bond donors (Lipinski definition) is 1. The van der Waals surface area contributed by atoms with Gasteiger partial charge in [-0.1, -0.05) is 0 Å². The van der Waals surface area contributed by atoms with Gasteiger partial charge in [-0.25, -0.2) is 0 Å². The monoisotopic (exact) mass is 302 g/mol. The number of aliphatic hydroxyl groups excluding tert-OH is 1. The molecule has 5 nitrogen and oxygen atoms in total. The molecule has 5 heteroatoms. The number of likely N-dealkylation sites (N-methyl/N-ethyl adjacent to an activating group) is 1. The van der Waals surface area contributed by atoms with Crippen LogP contribution in [0.5, 0.6) is 5.75 Å². The van der Waals surface area contributed by atoms with Gasteiger partial charge in [0.05, 0.1) is 19.4 Å². The van der Waals surface area contributed by atoms with Gasteiger partial charge >= 0.3 is 0 Å². The molecule has 0 fully saturated rings. The van der Waals surface area contributed by atoms with Crippen LogP contribution in [0.1, 0.15) is 21.7 Å². The van der Waals surface area contributed by atoms with Crippen LogP contribution >= 0.6 is 0 Å². The van der Waals surface area contributed by atoms with Gasteiger partial charge in [-0.05, 0) is 44.2 Å². The first kappa shape index (κ1) is 16.1. The van der Waals surface area contributed by atoms with Gasteiger partial charge in [-0.15, -0.1) is 0 Å². The number of aryl methyl sites for hydroxylation is 2. The van der Waals surface area contributed by atoms with Crippen molar-refractivity contribution in [3.63, 3.8) is 0 Å². The highest BCUT2D eigenvalue weighted by atomic mass is 16.5. The zero-order valence-electron chi connectivity index (χ0n) is 13.5. The molecule has 2 rings (SSSR count). The van der Waals surface area contributed by atoms with E-state index >= 15 is 0 Å². The molecule has 2 aromatic rings. The zero-order chi connectivity index (χ0) is 16.3. The number of amides is 1. The Bertz CT molecular complexity index is 657. The molecule has 0 atom stereocenters. The van der Waals surface area contributed by atoms with Crippen LogP contribution in [-0.4, -0.2) is 47.8 Å². The number of aromatic nitrogens is 1. The second-order valence-electron chi connectivity index (χ2n) is 5.29. The van der Waals surface area contributed by atoms with Crippen molar-refractivity contribution in [3.8, 4) is 11.4 Å². The van der Waals surface area contributed by atoms with Crippen LogP contribution < -0.4 is 4.74 Å². The van der Waals surface area contributed by atoms with Crippen molar-refractivity contribution < 1.29 is 14.6 Å². The average molecular weight is 302 g/mol. The zero-order valence-corrected chi connectivity index (χ0v) is 13.5. The van der Waals surface area contributed by atoms with Gasteiger partial charge in [0.2, 0.25) is 0 Å². The standard InChI is InChI=1S/C17H22N2O3/c1-12-5-6-13(2)19(12)15-11-14(7-8-16(15)22-4)17(21)18(3)9-10-20/h5-8,11,20H,9-10H2,1-4H3. The molecule has 118 valence electrons. The molecule has 0 aliphatic rings. The number of benzene rings is 1. The molecule has 0 saturated carbocycles. The Balaban J connectivity index is 2.50. The summed E-state index contributed by atoms with van der Waals surface area (Å²) in [5.41, 5.74) is 3.55. The second-order valence-corrected chi connectivity index (χ2v) is 5.29. The summed E-state index contributed by atoms with van der Waals surface area (Å²) in [4.78, 5) is 13.9. The first-order valence-electron chi connectivity index (χ1n) is 7.19. The number of nitrogens with zero attached hydrogens (tertiary/aromatic N) is 2. The van der Waals surface area contributed by atoms with E-state index in [-0.39, 0.29) is 12.5 Å². The Morgan fingerprint density at radius 1 is 1.23 bits per heavy atom. The fourth-order valence-corrected chi connectivity index (χ4v) is 2.52. The molecule has 1 N–H and O–H groups in total. The van der Waals surface area contributed by atoms with Crippen molar-refractivity contribution in [2.75, 3.05) is 27.3 Å². The Morgan fingerprint density at radius 3 is 2.41 bits per heavy atom. The quantitative estimate of drug-likeness (QED) is 0.921. The molecule has 0 bridgehead atoms. The first-order chi connectivity index (χ1) is 10.5. The molecule has 22 heavy (non-hydrogen) atoms. The van der Waals surface area contributed by atoms with Gasteiger partial charge in [0, 0.05) is 30.5 Å². The van der Waals surface area contributed by atoms with E-state index in [0.717, 1.165) is 17.1 Å². The highest BCUT2D eigenvalue weighted by molar-refractivity contribution is 5.95. The van der Waals surface area contributed by atoms with Gasteiger partial charge in [0.25, 0.3) is 5.91 Å². The predicted octanol–water partition coefficient (Wildman–Crippen LogP) is 2.17. The number of carbonyl (C=O) groups is 1. The number of methoxy groups -OCH3 is 1. The number of carbonyl (C=O) groups excluding carboxylic acids is 1. The number of aliphatic hydroxyl groups is 1. The SMILES string of the molecule is COc1ccc(C(=O)N(C)CCO)cc1-n1c(C)ccc1C. The number of hydrogen-bond acceptors (Lipinski definition) is 3. The molecule has 0 spiro atoms. The molecule has 1 heterocycles. The predicted molar refractivity (Wildman–Crippen MR) is 85.8 cm³/mol. The van der Waals surface area contributed by atoms with E-state index in [2.05, 4.69) is 4.57 Å². The molecule has 0 aliphatic carbocycles. The molecule has 0 unspecified atom stereocenters. The Hall–Kier alpha value is -2.27. The van der Waals surface area contributed by atoms with Crippen LogP contribution in [0.15, 0.2) is 30.3 Å². The topological polar surface area (TPSA) is 54.7 Å². The second kappa shape index (κ2) is 6.66. The molecule has 1 aromatic heterocycles. The molecule has 0 saturated heterocycles. The minimum absolute atomic E-state index is 0.0545. The molecule has 0 radical (unpaired) electrons. The van der Waals surface area contributed by atoms with Crippen LogP contribution in [0.25, 0.3) is 5.69 Å². The van der Waals surface area contributed by atoms with Crippen LogP contribution in [-0.2, 0) is 0 Å². The molecule has 1 aromatic carbocycles. The van der Waals surface area contributed by atoms with E-state index in [4.69, 9.17) is 9.84 Å². The van der Waals surface area contributed by atoms with Crippen molar-refractivity contribution in [1.82, 2.24) is 9.47 Å². The summed E-state index contributed by atoms with van der Waals surface area (Å²) in [5, 5.41) is 8.97. The summed E-state index contributed by atoms with van der Waals surface area (Å²) in [6.45, 7) is 4.28. The highest BCUT2D eigenvalue weighted by Gasteiger charge is 2.16. The van der Waals surface area contributed by atoms with E-state index in [9.17, 15) is 4.79 Å². The third-order valence-electron chi connectivity index (χ3n) is 3.72. The summed E-state index contributed by atoms with van der Waals surface area (Å²) in [7, 11) is 3.29. The van der Waals surface area contributed by atoms with E-state index < -0.39 is 0 Å². The van der Waals surface area contributed by atoms with Crippen molar-refractivity contribution in [2.45, 2.75) is 13.8 Å². The first-order valence-corrected chi connectivity index (χ1v) is 7.19. The maximum Gasteiger partial charge on any atom is 0.253 e. The average Bonchev–Trinajstić information content (AvgIpc) is 2.85. The summed E-state index contributed by atoms with van der Waals surface area (Å²) >= 11 is 0. The fourth-order valence-electron chi connectivity index (χ4n) is 2.52. The van der Waals surface area contributed by atoms with Gasteiger partial charge in [0.15, 0.2) is 0 Å². The van der Waals surface area contributed by atoms with E-state index in [1.54, 1.807) is 26.3 Å². The normalized spacial score (nSPS) is 10.6. The van der Waals surface area contributed by atoms with Gasteiger partial charge in [-0.3, -0.25) is 4.79 Å². The smallest absolute Gasteiger partial charge is 0.253 e. The van der Waals surface area contributed by atoms with E-state index in [1.807, 2.05) is 32.0 Å². The molecule has 1 amide bonds. The van der Waals surface area contributed by atoms with Crippen LogP contribution in [0.3, 0.4) is 0 Å². The van der Waals surface area contributed by atoms with Crippen molar-refractivity contribution in [2.24, 2.45) is 0 Å². The molecular weight excluding hydrogens is 280 g/mol. The molecular formula is C17H22N2O3. The lowest BCUT2D eigenvalue weighted by atomic mass is 10.1. The third-order valence-corrected chi connectivity index (χ3v) is 3.72. The van der Waals surface area contributed by atoms with Gasteiger partial charge in [-0.2, -0.15) is 0 Å². The Kier molecular flexibility index (Phi) is 4.88. The van der Waals surface area contributed by atoms with Gasteiger partial charge in [0.1, 0.15) is 5.75 Å². The summed E-state index contributed by atoms with van der Waals surface area (Å²) in [5.74, 6) is 0.587. The summed E-state index contributed by atoms with van der Waals surface area (Å²) < 4.78 is 7.49. The Labute approximate surface area is 130 Å². The van der Waals surface area contributed by atoms with Crippen LogP contribution in [0.4, 0.5) is 0 Å². The van der Waals surface area contributed by atoms with Gasteiger partial charge < -0.3 is 19.3 Å². The van der Waals surface area contributed by atoms with Crippen molar-refractivity contribution in [1.29, 1.82) is 0 Å². The van der Waals surface area contributed by atoms with Crippen molar-refractivity contribution >= 4 is 5.91 Å². The van der Waals surface area contributed by atoms with Crippen molar-refractivity contribution in [3.05, 3.63) is 47.3 Å². The fraction of sp³-hybridized carbons (Fsp3) is 0.353. The lowest BCUT2D eigenvalue weighted by Crippen LogP contribution is -2.29.